The molecule has 0 aliphatic heterocycles. The summed E-state index contributed by atoms with van der Waals surface area (Å²) in [5, 5.41) is 0. The van der Waals surface area contributed by atoms with Crippen molar-refractivity contribution in [3.8, 4) is 22.5 Å². The lowest BCUT2D eigenvalue weighted by Gasteiger charge is -2.08. The van der Waals surface area contributed by atoms with Gasteiger partial charge in [-0.25, -0.2) is 0 Å². The van der Waals surface area contributed by atoms with Crippen LogP contribution in [-0.2, 0) is 6.42 Å². The van der Waals surface area contributed by atoms with Gasteiger partial charge in [0.15, 0.2) is 0 Å². The number of benzene rings is 1. The van der Waals surface area contributed by atoms with Gasteiger partial charge >= 0.3 is 0 Å². The summed E-state index contributed by atoms with van der Waals surface area (Å²) in [6.07, 6.45) is 4.66. The Bertz CT molecular complexity index is 633. The highest BCUT2D eigenvalue weighted by Crippen LogP contribution is 2.26. The third kappa shape index (κ3) is 2.59. The van der Waals surface area contributed by atoms with Crippen molar-refractivity contribution in [2.24, 2.45) is 0 Å². The highest BCUT2D eigenvalue weighted by molar-refractivity contribution is 5.70. The van der Waals surface area contributed by atoms with Crippen molar-refractivity contribution < 1.29 is 0 Å². The lowest BCUT2D eigenvalue weighted by molar-refractivity contribution is 1.14. The number of hydrogen-bond acceptors (Lipinski definition) is 2. The first-order chi connectivity index (χ1) is 9.86. The van der Waals surface area contributed by atoms with E-state index in [1.165, 1.54) is 5.56 Å². The SMILES string of the molecule is CCc1cc(-c2ccccn2)cc(-c2ccccn2)c1. The van der Waals surface area contributed by atoms with Crippen LogP contribution in [0.5, 0.6) is 0 Å². The van der Waals surface area contributed by atoms with E-state index in [0.29, 0.717) is 0 Å². The van der Waals surface area contributed by atoms with Crippen LogP contribution in [0, 0.1) is 0 Å². The van der Waals surface area contributed by atoms with Gasteiger partial charge in [-0.05, 0) is 54.4 Å². The fraction of sp³-hybridized carbons (Fsp3) is 0.111. The fourth-order valence-electron chi connectivity index (χ4n) is 2.26. The summed E-state index contributed by atoms with van der Waals surface area (Å²) in [5.74, 6) is 0. The van der Waals surface area contributed by atoms with Gasteiger partial charge in [0.2, 0.25) is 0 Å². The average Bonchev–Trinajstić information content (AvgIpc) is 2.56. The molecule has 0 atom stereocenters. The fourth-order valence-corrected chi connectivity index (χ4v) is 2.26. The molecule has 98 valence electrons. The second kappa shape index (κ2) is 5.66. The highest BCUT2D eigenvalue weighted by atomic mass is 14.7. The number of hydrogen-bond donors (Lipinski definition) is 0. The van der Waals surface area contributed by atoms with E-state index in [-0.39, 0.29) is 0 Å². The van der Waals surface area contributed by atoms with Crippen molar-refractivity contribution in [2.75, 3.05) is 0 Å². The maximum atomic E-state index is 4.44. The molecular weight excluding hydrogens is 244 g/mol. The Morgan fingerprint density at radius 1 is 0.750 bits per heavy atom. The molecule has 0 spiro atoms. The van der Waals surface area contributed by atoms with Gasteiger partial charge in [0.05, 0.1) is 11.4 Å². The van der Waals surface area contributed by atoms with Gasteiger partial charge in [-0.1, -0.05) is 19.1 Å². The first-order valence-electron chi connectivity index (χ1n) is 6.83. The van der Waals surface area contributed by atoms with E-state index in [4.69, 9.17) is 0 Å². The van der Waals surface area contributed by atoms with Crippen molar-refractivity contribution in [3.63, 3.8) is 0 Å². The molecule has 1 aromatic carbocycles. The van der Waals surface area contributed by atoms with Crippen LogP contribution in [0.1, 0.15) is 12.5 Å². The van der Waals surface area contributed by atoms with Gasteiger partial charge in [-0.3, -0.25) is 9.97 Å². The normalized spacial score (nSPS) is 10.4. The summed E-state index contributed by atoms with van der Waals surface area (Å²) in [6, 6.07) is 18.5. The summed E-state index contributed by atoms with van der Waals surface area (Å²) < 4.78 is 0. The molecule has 0 aliphatic carbocycles. The molecule has 0 N–H and O–H groups in total. The Labute approximate surface area is 119 Å². The maximum Gasteiger partial charge on any atom is 0.0702 e. The predicted molar refractivity (Wildman–Crippen MR) is 82.3 cm³/mol. The number of aromatic nitrogens is 2. The summed E-state index contributed by atoms with van der Waals surface area (Å²) in [5.41, 5.74) is 5.59. The van der Waals surface area contributed by atoms with Gasteiger partial charge in [0, 0.05) is 23.5 Å². The third-order valence-electron chi connectivity index (χ3n) is 3.32. The highest BCUT2D eigenvalue weighted by Gasteiger charge is 2.05. The predicted octanol–water partition coefficient (Wildman–Crippen LogP) is 4.37. The molecular formula is C18H16N2. The Hall–Kier alpha value is -2.48. The molecule has 3 aromatic rings. The van der Waals surface area contributed by atoms with E-state index in [1.807, 2.05) is 48.8 Å². The van der Waals surface area contributed by atoms with E-state index in [9.17, 15) is 0 Å². The van der Waals surface area contributed by atoms with Crippen molar-refractivity contribution in [3.05, 3.63) is 72.6 Å². The average molecular weight is 260 g/mol. The Morgan fingerprint density at radius 2 is 1.30 bits per heavy atom. The Morgan fingerprint density at radius 3 is 1.70 bits per heavy atom. The van der Waals surface area contributed by atoms with Gasteiger partial charge in [-0.15, -0.1) is 0 Å². The molecule has 2 heteroatoms. The quantitative estimate of drug-likeness (QED) is 0.698. The van der Waals surface area contributed by atoms with Crippen LogP contribution >= 0.6 is 0 Å². The van der Waals surface area contributed by atoms with Crippen molar-refractivity contribution in [1.29, 1.82) is 0 Å². The molecule has 2 heterocycles. The number of nitrogens with zero attached hydrogens (tertiary/aromatic N) is 2. The van der Waals surface area contributed by atoms with Gasteiger partial charge in [0.25, 0.3) is 0 Å². The first-order valence-corrected chi connectivity index (χ1v) is 6.83. The summed E-state index contributed by atoms with van der Waals surface area (Å²) in [6.45, 7) is 2.17. The summed E-state index contributed by atoms with van der Waals surface area (Å²) in [7, 11) is 0. The molecule has 0 fully saturated rings. The largest absolute Gasteiger partial charge is 0.256 e. The van der Waals surface area contributed by atoms with E-state index >= 15 is 0 Å². The minimum absolute atomic E-state index is 1.000. The van der Waals surface area contributed by atoms with Crippen LogP contribution in [0.25, 0.3) is 22.5 Å². The number of aryl methyl sites for hydroxylation is 1. The van der Waals surface area contributed by atoms with E-state index < -0.39 is 0 Å². The van der Waals surface area contributed by atoms with E-state index in [2.05, 4.69) is 35.1 Å². The summed E-state index contributed by atoms with van der Waals surface area (Å²) in [4.78, 5) is 8.88. The first kappa shape index (κ1) is 12.5. The second-order valence-corrected chi connectivity index (χ2v) is 4.70. The lowest BCUT2D eigenvalue weighted by Crippen LogP contribution is -1.90. The van der Waals surface area contributed by atoms with E-state index in [0.717, 1.165) is 28.9 Å². The molecule has 0 saturated carbocycles. The molecule has 3 rings (SSSR count). The molecule has 0 saturated heterocycles. The van der Waals surface area contributed by atoms with Crippen molar-refractivity contribution in [2.45, 2.75) is 13.3 Å². The van der Waals surface area contributed by atoms with E-state index in [1.54, 1.807) is 0 Å². The molecule has 0 amide bonds. The zero-order chi connectivity index (χ0) is 13.8. The number of pyridine rings is 2. The van der Waals surface area contributed by atoms with Gasteiger partial charge in [0.1, 0.15) is 0 Å². The topological polar surface area (TPSA) is 25.8 Å². The van der Waals surface area contributed by atoms with Crippen LogP contribution in [0.4, 0.5) is 0 Å². The second-order valence-electron chi connectivity index (χ2n) is 4.70. The van der Waals surface area contributed by atoms with Crippen LogP contribution < -0.4 is 0 Å². The minimum Gasteiger partial charge on any atom is -0.256 e. The maximum absolute atomic E-state index is 4.44. The molecule has 0 unspecified atom stereocenters. The van der Waals surface area contributed by atoms with Gasteiger partial charge < -0.3 is 0 Å². The zero-order valence-electron chi connectivity index (χ0n) is 11.5. The zero-order valence-corrected chi connectivity index (χ0v) is 11.5. The lowest BCUT2D eigenvalue weighted by atomic mass is 9.99. The standard InChI is InChI=1S/C18H16N2/c1-2-14-11-15(17-7-3-5-9-19-17)13-16(12-14)18-8-4-6-10-20-18/h3-13H,2H2,1H3. The molecule has 20 heavy (non-hydrogen) atoms. The monoisotopic (exact) mass is 260 g/mol. The van der Waals surface area contributed by atoms with Gasteiger partial charge in [-0.2, -0.15) is 0 Å². The minimum atomic E-state index is 1.000. The Kier molecular flexibility index (Phi) is 3.55. The summed E-state index contributed by atoms with van der Waals surface area (Å²) >= 11 is 0. The van der Waals surface area contributed by atoms with Crippen LogP contribution in [-0.4, -0.2) is 9.97 Å². The number of rotatable bonds is 3. The van der Waals surface area contributed by atoms with Crippen molar-refractivity contribution in [1.82, 2.24) is 9.97 Å². The van der Waals surface area contributed by atoms with Crippen LogP contribution in [0.2, 0.25) is 0 Å². The molecule has 0 aliphatic rings. The molecule has 0 bridgehead atoms. The Balaban J connectivity index is 2.13. The third-order valence-corrected chi connectivity index (χ3v) is 3.32. The molecule has 2 nitrogen and oxygen atoms in total. The van der Waals surface area contributed by atoms with Crippen LogP contribution in [0.15, 0.2) is 67.0 Å². The molecule has 0 radical (unpaired) electrons. The smallest absolute Gasteiger partial charge is 0.0702 e. The van der Waals surface area contributed by atoms with Crippen LogP contribution in [0.3, 0.4) is 0 Å². The molecule has 2 aromatic heterocycles. The van der Waals surface area contributed by atoms with Crippen molar-refractivity contribution >= 4 is 0 Å².